The van der Waals surface area contributed by atoms with Crippen LogP contribution in [0.25, 0.3) is 0 Å². The fourth-order valence-electron chi connectivity index (χ4n) is 12.5. The van der Waals surface area contributed by atoms with Crippen LogP contribution in [0.2, 0.25) is 0 Å². The fourth-order valence-corrected chi connectivity index (χ4v) is 14.1. The van der Waals surface area contributed by atoms with E-state index in [0.717, 1.165) is 102 Å². The predicted octanol–water partition coefficient (Wildman–Crippen LogP) is 24.3. The molecule has 0 rings (SSSR count). The summed E-state index contributed by atoms with van der Waals surface area (Å²) in [7, 11) is -9.92. The average molecular weight is 1470 g/mol. The van der Waals surface area contributed by atoms with Crippen molar-refractivity contribution in [2.24, 2.45) is 11.8 Å². The molecule has 19 heteroatoms. The first kappa shape index (κ1) is 98.1. The van der Waals surface area contributed by atoms with Gasteiger partial charge in [0.15, 0.2) is 12.2 Å². The van der Waals surface area contributed by atoms with Crippen LogP contribution in [0, 0.1) is 11.8 Å². The molecule has 2 unspecified atom stereocenters. The summed E-state index contributed by atoms with van der Waals surface area (Å²) in [6.07, 6.45) is 62.6. The van der Waals surface area contributed by atoms with Crippen molar-refractivity contribution in [3.8, 4) is 0 Å². The third-order valence-electron chi connectivity index (χ3n) is 19.0. The molecule has 0 aromatic heterocycles. The van der Waals surface area contributed by atoms with Crippen LogP contribution in [-0.4, -0.2) is 96.7 Å². The number of esters is 4. The highest BCUT2D eigenvalue weighted by molar-refractivity contribution is 7.47. The summed E-state index contributed by atoms with van der Waals surface area (Å²) in [6, 6.07) is 0. The fraction of sp³-hybridized carbons (Fsp3) is 0.951. The van der Waals surface area contributed by atoms with Crippen molar-refractivity contribution in [1.29, 1.82) is 0 Å². The molecule has 0 heterocycles. The Kier molecular flexibility index (Phi) is 71.2. The second-order valence-electron chi connectivity index (χ2n) is 30.1. The topological polar surface area (TPSA) is 237 Å². The zero-order chi connectivity index (χ0) is 73.5. The van der Waals surface area contributed by atoms with E-state index in [-0.39, 0.29) is 25.7 Å². The molecule has 0 radical (unpaired) electrons. The number of phosphoric ester groups is 2. The zero-order valence-corrected chi connectivity index (χ0v) is 67.3. The molecule has 0 bridgehead atoms. The van der Waals surface area contributed by atoms with Gasteiger partial charge in [0.1, 0.15) is 19.3 Å². The molecular formula is C81H158O17P2. The Morgan fingerprint density at radius 2 is 0.460 bits per heavy atom. The smallest absolute Gasteiger partial charge is 0.462 e. The molecule has 0 amide bonds. The highest BCUT2D eigenvalue weighted by atomic mass is 31.2. The van der Waals surface area contributed by atoms with Crippen molar-refractivity contribution in [3.05, 3.63) is 0 Å². The molecule has 0 aliphatic carbocycles. The molecule has 17 nitrogen and oxygen atoms in total. The maximum absolute atomic E-state index is 13.1. The zero-order valence-electron chi connectivity index (χ0n) is 65.5. The number of aliphatic hydroxyl groups excluding tert-OH is 1. The third kappa shape index (κ3) is 74.3. The number of carbonyl (C=O) groups excluding carboxylic acids is 4. The maximum Gasteiger partial charge on any atom is 0.472 e. The Labute approximate surface area is 613 Å². The molecule has 0 aliphatic heterocycles. The van der Waals surface area contributed by atoms with Gasteiger partial charge in [-0.3, -0.25) is 37.3 Å². The summed E-state index contributed by atoms with van der Waals surface area (Å²) < 4.78 is 68.7. The van der Waals surface area contributed by atoms with E-state index in [4.69, 9.17) is 37.0 Å². The van der Waals surface area contributed by atoms with Gasteiger partial charge in [0, 0.05) is 25.7 Å². The standard InChI is InChI=1S/C81H158O17P2/c1-7-9-11-13-15-17-19-21-22-23-24-25-26-27-28-29-31-35-40-48-54-60-66-81(86)97-76(69-91-78(83)63-57-51-45-38-36-32-33-37-43-49-55-61-73(3)4)71-95-99(87,88)93-67-75(82)68-94-100(89,90)96-72-77(70-92-79(84)64-58-52-46-42-41-44-50-56-62-74(5)6)98-80(85)65-59-53-47-39-34-30-20-18-16-14-12-10-8-2/h73-77,82H,7-72H2,1-6H3,(H,87,88)(H,89,90)/t75-,76-,77-/m1/s1. The lowest BCUT2D eigenvalue weighted by molar-refractivity contribution is -0.161. The Bertz CT molecular complexity index is 1920. The van der Waals surface area contributed by atoms with Crippen molar-refractivity contribution in [1.82, 2.24) is 0 Å². The van der Waals surface area contributed by atoms with E-state index in [0.29, 0.717) is 25.7 Å². The number of rotatable bonds is 80. The number of aliphatic hydroxyl groups is 1. The van der Waals surface area contributed by atoms with Crippen molar-refractivity contribution in [2.75, 3.05) is 39.6 Å². The van der Waals surface area contributed by atoms with Crippen molar-refractivity contribution in [2.45, 2.75) is 445 Å². The van der Waals surface area contributed by atoms with Crippen LogP contribution in [0.15, 0.2) is 0 Å². The average Bonchev–Trinajstić information content (AvgIpc) is 0.927. The van der Waals surface area contributed by atoms with Gasteiger partial charge in [-0.15, -0.1) is 0 Å². The van der Waals surface area contributed by atoms with Crippen LogP contribution in [0.5, 0.6) is 0 Å². The van der Waals surface area contributed by atoms with E-state index in [2.05, 4.69) is 41.5 Å². The minimum atomic E-state index is -4.96. The largest absolute Gasteiger partial charge is 0.472 e. The normalized spacial score (nSPS) is 13.9. The first-order valence-corrected chi connectivity index (χ1v) is 45.0. The van der Waals surface area contributed by atoms with Crippen LogP contribution in [0.1, 0.15) is 427 Å². The minimum Gasteiger partial charge on any atom is -0.462 e. The number of phosphoric acid groups is 2. The predicted molar refractivity (Wildman–Crippen MR) is 409 cm³/mol. The SMILES string of the molecule is CCCCCCCCCCCCCCCCCCCCCCCCC(=O)O[C@H](COC(=O)CCCCCCCCCCCCCC(C)C)COP(=O)(O)OC[C@@H](O)COP(=O)(O)OC[C@@H](COC(=O)CCCCCCCCCCC(C)C)OC(=O)CCCCCCCCCCCCCCC. The Balaban J connectivity index is 5.21. The molecule has 594 valence electrons. The summed E-state index contributed by atoms with van der Waals surface area (Å²) in [5, 5.41) is 10.6. The van der Waals surface area contributed by atoms with E-state index < -0.39 is 97.5 Å². The van der Waals surface area contributed by atoms with Crippen molar-refractivity contribution >= 4 is 39.5 Å². The summed E-state index contributed by atoms with van der Waals surface area (Å²) in [5.74, 6) is -0.612. The van der Waals surface area contributed by atoms with Gasteiger partial charge < -0.3 is 33.8 Å². The monoisotopic (exact) mass is 1470 g/mol. The van der Waals surface area contributed by atoms with Crippen LogP contribution in [0.3, 0.4) is 0 Å². The van der Waals surface area contributed by atoms with Gasteiger partial charge in [-0.05, 0) is 37.5 Å². The van der Waals surface area contributed by atoms with E-state index >= 15 is 0 Å². The van der Waals surface area contributed by atoms with Crippen LogP contribution in [-0.2, 0) is 65.4 Å². The molecule has 0 aliphatic rings. The van der Waals surface area contributed by atoms with Crippen LogP contribution >= 0.6 is 15.6 Å². The molecule has 100 heavy (non-hydrogen) atoms. The van der Waals surface area contributed by atoms with Gasteiger partial charge >= 0.3 is 39.5 Å². The minimum absolute atomic E-state index is 0.107. The van der Waals surface area contributed by atoms with Crippen LogP contribution < -0.4 is 0 Å². The quantitative estimate of drug-likeness (QED) is 0.0222. The lowest BCUT2D eigenvalue weighted by Gasteiger charge is -2.21. The summed E-state index contributed by atoms with van der Waals surface area (Å²) in [5.41, 5.74) is 0. The Morgan fingerprint density at radius 1 is 0.270 bits per heavy atom. The number of hydrogen-bond donors (Lipinski definition) is 3. The second kappa shape index (κ2) is 72.6. The molecule has 3 N–H and O–H groups in total. The summed E-state index contributed by atoms with van der Waals surface area (Å²) in [6.45, 7) is 9.60. The van der Waals surface area contributed by atoms with Gasteiger partial charge in [0.25, 0.3) is 0 Å². The lowest BCUT2D eigenvalue weighted by atomic mass is 10.0. The molecule has 0 saturated carbocycles. The van der Waals surface area contributed by atoms with E-state index in [9.17, 15) is 43.2 Å². The number of unbranched alkanes of at least 4 members (excludes halogenated alkanes) is 50. The molecule has 0 saturated heterocycles. The van der Waals surface area contributed by atoms with E-state index in [1.807, 2.05) is 0 Å². The number of carbonyl (C=O) groups is 4. The van der Waals surface area contributed by atoms with Gasteiger partial charge in [-0.1, -0.05) is 375 Å². The molecule has 0 fully saturated rings. The molecule has 0 spiro atoms. The first-order chi connectivity index (χ1) is 48.4. The molecule has 5 atom stereocenters. The number of hydrogen-bond acceptors (Lipinski definition) is 15. The first-order valence-electron chi connectivity index (χ1n) is 42.0. The highest BCUT2D eigenvalue weighted by Crippen LogP contribution is 2.45. The number of ether oxygens (including phenoxy) is 4. The van der Waals surface area contributed by atoms with Gasteiger partial charge in [-0.2, -0.15) is 0 Å². The third-order valence-corrected chi connectivity index (χ3v) is 20.9. The van der Waals surface area contributed by atoms with Gasteiger partial charge in [-0.25, -0.2) is 9.13 Å². The Hall–Kier alpha value is -1.94. The van der Waals surface area contributed by atoms with Gasteiger partial charge in [0.05, 0.1) is 26.4 Å². The van der Waals surface area contributed by atoms with E-state index in [1.165, 1.54) is 244 Å². The second-order valence-corrected chi connectivity index (χ2v) is 33.0. The maximum atomic E-state index is 13.1. The van der Waals surface area contributed by atoms with Crippen LogP contribution in [0.4, 0.5) is 0 Å². The molecular weight excluding hydrogens is 1310 g/mol. The lowest BCUT2D eigenvalue weighted by Crippen LogP contribution is -2.30. The summed E-state index contributed by atoms with van der Waals surface area (Å²) in [4.78, 5) is 73.0. The van der Waals surface area contributed by atoms with Gasteiger partial charge in [0.2, 0.25) is 0 Å². The van der Waals surface area contributed by atoms with Crippen molar-refractivity contribution < 1.29 is 80.2 Å². The Morgan fingerprint density at radius 3 is 0.680 bits per heavy atom. The summed E-state index contributed by atoms with van der Waals surface area (Å²) >= 11 is 0. The van der Waals surface area contributed by atoms with Crippen molar-refractivity contribution in [3.63, 3.8) is 0 Å². The highest BCUT2D eigenvalue weighted by Gasteiger charge is 2.30. The molecule has 0 aromatic rings. The van der Waals surface area contributed by atoms with E-state index in [1.54, 1.807) is 0 Å². The molecule has 0 aromatic carbocycles.